The minimum atomic E-state index is -2.29. The molecular formula is C6H8N3O2S-. The van der Waals surface area contributed by atoms with Gasteiger partial charge in [-0.2, -0.15) is 0 Å². The third kappa shape index (κ3) is 1.93. The normalized spacial score (nSPS) is 12.5. The van der Waals surface area contributed by atoms with E-state index in [0.717, 1.165) is 4.31 Å². The molecule has 5 nitrogen and oxygen atoms in total. The van der Waals surface area contributed by atoms with Crippen molar-refractivity contribution < 1.29 is 8.76 Å². The van der Waals surface area contributed by atoms with E-state index in [9.17, 15) is 8.76 Å². The van der Waals surface area contributed by atoms with Crippen LogP contribution in [0.15, 0.2) is 18.3 Å². The van der Waals surface area contributed by atoms with Crippen LogP contribution in [-0.2, 0) is 11.3 Å². The van der Waals surface area contributed by atoms with Gasteiger partial charge in [0.05, 0.1) is 11.9 Å². The summed E-state index contributed by atoms with van der Waals surface area (Å²) in [4.78, 5) is 3.81. The van der Waals surface area contributed by atoms with Gasteiger partial charge in [0, 0.05) is 18.3 Å². The van der Waals surface area contributed by atoms with Crippen molar-refractivity contribution in [1.29, 1.82) is 0 Å². The summed E-state index contributed by atoms with van der Waals surface area (Å²) in [5.41, 5.74) is 5.87. The highest BCUT2D eigenvalue weighted by atomic mass is 32.2. The lowest BCUT2D eigenvalue weighted by atomic mass is 10.4. The topological polar surface area (TPSA) is 82.3 Å². The lowest BCUT2D eigenvalue weighted by Gasteiger charge is -2.19. The summed E-state index contributed by atoms with van der Waals surface area (Å²) >= 11 is -2.29. The Bertz CT molecular complexity index is 287. The second-order valence-corrected chi connectivity index (χ2v) is 3.15. The Morgan fingerprint density at radius 2 is 2.33 bits per heavy atom. The average molecular weight is 186 g/mol. The van der Waals surface area contributed by atoms with Crippen molar-refractivity contribution in [2.75, 3.05) is 17.1 Å². The Morgan fingerprint density at radius 3 is 2.75 bits per heavy atom. The summed E-state index contributed by atoms with van der Waals surface area (Å²) in [5, 5.41) is 0. The van der Waals surface area contributed by atoms with Crippen LogP contribution in [0, 0.1) is 0 Å². The molecule has 12 heavy (non-hydrogen) atoms. The van der Waals surface area contributed by atoms with Gasteiger partial charge in [0.25, 0.3) is 0 Å². The summed E-state index contributed by atoms with van der Waals surface area (Å²) in [6.45, 7) is 0. The predicted octanol–water partition coefficient (Wildman–Crippen LogP) is -0.106. The lowest BCUT2D eigenvalue weighted by molar-refractivity contribution is 0.535. The summed E-state index contributed by atoms with van der Waals surface area (Å²) in [6.07, 6.45) is 1.40. The van der Waals surface area contributed by atoms with Crippen molar-refractivity contribution in [2.24, 2.45) is 0 Å². The van der Waals surface area contributed by atoms with Gasteiger partial charge in [0.2, 0.25) is 0 Å². The summed E-state index contributed by atoms with van der Waals surface area (Å²) in [5.74, 6) is 0.345. The Morgan fingerprint density at radius 1 is 1.67 bits per heavy atom. The molecule has 1 aromatic heterocycles. The molecule has 0 aromatic carbocycles. The summed E-state index contributed by atoms with van der Waals surface area (Å²) in [6, 6.07) is 3.12. The Labute approximate surface area is 72.6 Å². The van der Waals surface area contributed by atoms with E-state index in [4.69, 9.17) is 5.73 Å². The van der Waals surface area contributed by atoms with Crippen LogP contribution in [0.2, 0.25) is 0 Å². The maximum absolute atomic E-state index is 10.4. The third-order valence-electron chi connectivity index (χ3n) is 1.32. The molecule has 1 heterocycles. The first-order valence-corrected chi connectivity index (χ1v) is 4.19. The summed E-state index contributed by atoms with van der Waals surface area (Å²) in [7, 11) is 1.40. The number of nitrogens with zero attached hydrogens (tertiary/aromatic N) is 2. The molecule has 1 unspecified atom stereocenters. The molecular weight excluding hydrogens is 178 g/mol. The molecule has 1 aromatic rings. The molecule has 0 saturated carbocycles. The van der Waals surface area contributed by atoms with Crippen molar-refractivity contribution in [1.82, 2.24) is 4.98 Å². The van der Waals surface area contributed by atoms with Crippen LogP contribution in [0.5, 0.6) is 0 Å². The molecule has 0 bridgehead atoms. The quantitative estimate of drug-likeness (QED) is 0.653. The van der Waals surface area contributed by atoms with Gasteiger partial charge >= 0.3 is 0 Å². The molecule has 0 aliphatic rings. The standard InChI is InChI=1S/C6H9N3O2S/c1-9(12(10)11)6-3-2-5(7)4-8-6/h2-4H,7H2,1H3,(H,10,11)/p-1. The number of rotatable bonds is 2. The van der Waals surface area contributed by atoms with E-state index < -0.39 is 11.3 Å². The van der Waals surface area contributed by atoms with Crippen molar-refractivity contribution in [3.63, 3.8) is 0 Å². The van der Waals surface area contributed by atoms with Crippen LogP contribution in [0.3, 0.4) is 0 Å². The van der Waals surface area contributed by atoms with Crippen molar-refractivity contribution in [3.05, 3.63) is 18.3 Å². The molecule has 0 aliphatic carbocycles. The number of pyridine rings is 1. The Balaban J connectivity index is 2.89. The van der Waals surface area contributed by atoms with Crippen LogP contribution in [0.4, 0.5) is 11.5 Å². The van der Waals surface area contributed by atoms with Gasteiger partial charge in [-0.3, -0.25) is 8.51 Å². The first-order valence-electron chi connectivity index (χ1n) is 3.16. The number of nitrogen functional groups attached to an aromatic ring is 1. The molecule has 66 valence electrons. The van der Waals surface area contributed by atoms with Gasteiger partial charge in [-0.1, -0.05) is 0 Å². The molecule has 0 aliphatic heterocycles. The number of hydrogen-bond donors (Lipinski definition) is 1. The highest BCUT2D eigenvalue weighted by molar-refractivity contribution is 7.80. The van der Waals surface area contributed by atoms with Gasteiger partial charge in [-0.05, 0) is 12.1 Å². The van der Waals surface area contributed by atoms with E-state index in [0.29, 0.717) is 11.5 Å². The SMILES string of the molecule is CN(c1ccc(N)cn1)S(=O)[O-]. The van der Waals surface area contributed by atoms with E-state index in [2.05, 4.69) is 4.98 Å². The largest absolute Gasteiger partial charge is 0.755 e. The second-order valence-electron chi connectivity index (χ2n) is 2.16. The molecule has 0 saturated heterocycles. The fourth-order valence-corrected chi connectivity index (χ4v) is 0.921. The fourth-order valence-electron chi connectivity index (χ4n) is 0.660. The number of anilines is 2. The molecule has 6 heteroatoms. The molecule has 0 radical (unpaired) electrons. The van der Waals surface area contributed by atoms with E-state index in [1.54, 1.807) is 6.07 Å². The van der Waals surface area contributed by atoms with E-state index in [-0.39, 0.29) is 0 Å². The molecule has 0 fully saturated rings. The number of aromatic nitrogens is 1. The van der Waals surface area contributed by atoms with Crippen LogP contribution >= 0.6 is 0 Å². The van der Waals surface area contributed by atoms with E-state index in [1.165, 1.54) is 19.3 Å². The van der Waals surface area contributed by atoms with Gasteiger partial charge < -0.3 is 10.3 Å². The van der Waals surface area contributed by atoms with Gasteiger partial charge in [0.15, 0.2) is 0 Å². The average Bonchev–Trinajstić information content (AvgIpc) is 2.04. The van der Waals surface area contributed by atoms with Gasteiger partial charge in [-0.15, -0.1) is 0 Å². The van der Waals surface area contributed by atoms with Gasteiger partial charge in [-0.25, -0.2) is 4.98 Å². The van der Waals surface area contributed by atoms with Crippen LogP contribution in [0.1, 0.15) is 0 Å². The van der Waals surface area contributed by atoms with Crippen molar-refractivity contribution >= 4 is 22.8 Å². The van der Waals surface area contributed by atoms with Crippen molar-refractivity contribution in [2.45, 2.75) is 0 Å². The lowest BCUT2D eigenvalue weighted by Crippen LogP contribution is -2.20. The van der Waals surface area contributed by atoms with Crippen LogP contribution in [0.25, 0.3) is 0 Å². The highest BCUT2D eigenvalue weighted by Crippen LogP contribution is 2.10. The van der Waals surface area contributed by atoms with E-state index in [1.807, 2.05) is 0 Å². The summed E-state index contributed by atoms with van der Waals surface area (Å²) < 4.78 is 21.9. The monoisotopic (exact) mass is 186 g/mol. The molecule has 0 amide bonds. The number of hydrogen-bond acceptors (Lipinski definition) is 4. The molecule has 2 N–H and O–H groups in total. The molecule has 1 atom stereocenters. The fraction of sp³-hybridized carbons (Fsp3) is 0.167. The maximum Gasteiger partial charge on any atom is 0.139 e. The van der Waals surface area contributed by atoms with Gasteiger partial charge in [0.1, 0.15) is 5.82 Å². The first-order chi connectivity index (χ1) is 5.61. The zero-order valence-electron chi connectivity index (χ0n) is 6.43. The minimum Gasteiger partial charge on any atom is -0.755 e. The van der Waals surface area contributed by atoms with Crippen LogP contribution < -0.4 is 10.0 Å². The minimum absolute atomic E-state index is 0.345. The third-order valence-corrected chi connectivity index (χ3v) is 1.95. The Hall–Kier alpha value is -1.14. The van der Waals surface area contributed by atoms with Crippen molar-refractivity contribution in [3.8, 4) is 0 Å². The smallest absolute Gasteiger partial charge is 0.139 e. The second kappa shape index (κ2) is 3.51. The maximum atomic E-state index is 10.4. The zero-order chi connectivity index (χ0) is 9.14. The predicted molar refractivity (Wildman–Crippen MR) is 46.0 cm³/mol. The molecule has 1 rings (SSSR count). The Kier molecular flexibility index (Phi) is 2.61. The molecule has 0 spiro atoms. The number of nitrogens with two attached hydrogens (primary N) is 1. The highest BCUT2D eigenvalue weighted by Gasteiger charge is 2.00. The van der Waals surface area contributed by atoms with E-state index >= 15 is 0 Å². The zero-order valence-corrected chi connectivity index (χ0v) is 7.25. The first kappa shape index (κ1) is 8.95. The van der Waals surface area contributed by atoms with Crippen LogP contribution in [-0.4, -0.2) is 20.8 Å².